The molecule has 0 saturated heterocycles. The molecule has 1 atom stereocenters. The van der Waals surface area contributed by atoms with Crippen molar-refractivity contribution in [1.82, 2.24) is 5.32 Å². The maximum atomic E-state index is 12.9. The van der Waals surface area contributed by atoms with E-state index in [0.29, 0.717) is 24.3 Å². The molecule has 0 saturated carbocycles. The van der Waals surface area contributed by atoms with Gasteiger partial charge in [0, 0.05) is 10.9 Å². The molecule has 28 heavy (non-hydrogen) atoms. The van der Waals surface area contributed by atoms with Crippen molar-refractivity contribution in [2.75, 3.05) is 13.2 Å². The number of benzene rings is 2. The van der Waals surface area contributed by atoms with Crippen LogP contribution in [0, 0.1) is 0 Å². The maximum Gasteiger partial charge on any atom is 0.328 e. The van der Waals surface area contributed by atoms with Crippen molar-refractivity contribution in [3.05, 3.63) is 64.1 Å². The fourth-order valence-electron chi connectivity index (χ4n) is 2.65. The number of ether oxygens (including phenoxy) is 2. The normalized spacial score (nSPS) is 11.5. The van der Waals surface area contributed by atoms with Crippen LogP contribution in [-0.4, -0.2) is 31.1 Å². The molecule has 2 aromatic carbocycles. The summed E-state index contributed by atoms with van der Waals surface area (Å²) in [6.07, 6.45) is 2.25. The first-order valence-electron chi connectivity index (χ1n) is 9.48. The third-order valence-corrected chi connectivity index (χ3v) is 4.59. The van der Waals surface area contributed by atoms with Crippen LogP contribution in [0.5, 0.6) is 5.75 Å². The Kier molecular flexibility index (Phi) is 9.01. The van der Waals surface area contributed by atoms with Crippen LogP contribution in [-0.2, 0) is 16.0 Å². The minimum atomic E-state index is -0.780. The molecule has 0 aliphatic carbocycles. The van der Waals surface area contributed by atoms with Gasteiger partial charge in [-0.15, -0.1) is 0 Å². The Bertz CT molecular complexity index is 779. The van der Waals surface area contributed by atoms with E-state index in [9.17, 15) is 9.59 Å². The zero-order chi connectivity index (χ0) is 20.4. The predicted octanol–water partition coefficient (Wildman–Crippen LogP) is 4.53. The van der Waals surface area contributed by atoms with Crippen LogP contribution in [0.25, 0.3) is 0 Å². The van der Waals surface area contributed by atoms with E-state index in [1.807, 2.05) is 36.4 Å². The first-order chi connectivity index (χ1) is 13.5. The lowest BCUT2D eigenvalue weighted by Crippen LogP contribution is -2.43. The van der Waals surface area contributed by atoms with Gasteiger partial charge >= 0.3 is 5.97 Å². The van der Waals surface area contributed by atoms with Crippen molar-refractivity contribution < 1.29 is 19.1 Å². The van der Waals surface area contributed by atoms with Gasteiger partial charge in [0.05, 0.1) is 18.8 Å². The summed E-state index contributed by atoms with van der Waals surface area (Å²) in [5.74, 6) is -0.332. The third kappa shape index (κ3) is 6.68. The molecule has 6 heteroatoms. The molecule has 0 aromatic heterocycles. The second-order valence-corrected chi connectivity index (χ2v) is 7.23. The van der Waals surface area contributed by atoms with Crippen molar-refractivity contribution in [2.45, 2.75) is 39.2 Å². The monoisotopic (exact) mass is 447 g/mol. The molecule has 1 amide bonds. The first kappa shape index (κ1) is 22.0. The van der Waals surface area contributed by atoms with Gasteiger partial charge in [-0.25, -0.2) is 4.79 Å². The number of unbranched alkanes of at least 4 members (excludes halogenated alkanes) is 1. The summed E-state index contributed by atoms with van der Waals surface area (Å²) in [7, 11) is 0. The van der Waals surface area contributed by atoms with Crippen LogP contribution in [0.1, 0.15) is 42.6 Å². The molecule has 150 valence electrons. The predicted molar refractivity (Wildman–Crippen MR) is 113 cm³/mol. The summed E-state index contributed by atoms with van der Waals surface area (Å²) in [4.78, 5) is 25.3. The molecule has 0 heterocycles. The van der Waals surface area contributed by atoms with Crippen molar-refractivity contribution in [3.63, 3.8) is 0 Å². The standard InChI is InChI=1S/C22H26BrNO4/c1-3-5-13-28-20-12-11-17(23)15-18(20)21(25)24-19(22(26)27-4-2)14-16-9-7-6-8-10-16/h6-12,15,19H,3-5,13-14H2,1-2H3,(H,24,25). The second-order valence-electron chi connectivity index (χ2n) is 6.31. The number of carbonyl (C=O) groups excluding carboxylic acids is 2. The Balaban J connectivity index is 2.20. The number of amides is 1. The molecular formula is C22H26BrNO4. The summed E-state index contributed by atoms with van der Waals surface area (Å²) in [5, 5.41) is 2.81. The number of hydrogen-bond acceptors (Lipinski definition) is 4. The Hall–Kier alpha value is -2.34. The zero-order valence-electron chi connectivity index (χ0n) is 16.2. The fraction of sp³-hybridized carbons (Fsp3) is 0.364. The number of esters is 1. The van der Waals surface area contributed by atoms with Gasteiger partial charge < -0.3 is 14.8 Å². The number of nitrogens with one attached hydrogen (secondary N) is 1. The summed E-state index contributed by atoms with van der Waals surface area (Å²) in [5.41, 5.74) is 1.32. The highest BCUT2D eigenvalue weighted by Gasteiger charge is 2.24. The number of hydrogen-bond donors (Lipinski definition) is 1. The van der Waals surface area contributed by atoms with Gasteiger partial charge in [-0.1, -0.05) is 59.6 Å². The molecule has 5 nitrogen and oxygen atoms in total. The molecule has 0 aliphatic heterocycles. The fourth-order valence-corrected chi connectivity index (χ4v) is 3.01. The zero-order valence-corrected chi connectivity index (χ0v) is 17.8. The van der Waals surface area contributed by atoms with Gasteiger partial charge in [-0.3, -0.25) is 4.79 Å². The topological polar surface area (TPSA) is 64.6 Å². The Morgan fingerprint density at radius 1 is 1.11 bits per heavy atom. The van der Waals surface area contributed by atoms with Gasteiger partial charge in [0.2, 0.25) is 0 Å². The number of rotatable bonds is 10. The largest absolute Gasteiger partial charge is 0.493 e. The highest BCUT2D eigenvalue weighted by atomic mass is 79.9. The number of carbonyl (C=O) groups is 2. The molecule has 2 rings (SSSR count). The Morgan fingerprint density at radius 3 is 2.54 bits per heavy atom. The summed E-state index contributed by atoms with van der Waals surface area (Å²) in [6, 6.07) is 14.0. The molecule has 0 bridgehead atoms. The quantitative estimate of drug-likeness (QED) is 0.429. The second kappa shape index (κ2) is 11.5. The SMILES string of the molecule is CCCCOc1ccc(Br)cc1C(=O)NC(Cc1ccccc1)C(=O)OCC. The van der Waals surface area contributed by atoms with Crippen molar-refractivity contribution in [1.29, 1.82) is 0 Å². The van der Waals surface area contributed by atoms with Gasteiger partial charge in [0.1, 0.15) is 11.8 Å². The van der Waals surface area contributed by atoms with Gasteiger partial charge in [0.25, 0.3) is 5.91 Å². The molecule has 0 radical (unpaired) electrons. The van der Waals surface area contributed by atoms with E-state index in [-0.39, 0.29) is 12.5 Å². The summed E-state index contributed by atoms with van der Waals surface area (Å²) in [6.45, 7) is 4.60. The van der Waals surface area contributed by atoms with E-state index >= 15 is 0 Å². The van der Waals surface area contributed by atoms with Crippen molar-refractivity contribution in [2.24, 2.45) is 0 Å². The molecule has 1 N–H and O–H groups in total. The van der Waals surface area contributed by atoms with E-state index in [1.165, 1.54) is 0 Å². The van der Waals surface area contributed by atoms with Gasteiger partial charge in [0.15, 0.2) is 0 Å². The highest BCUT2D eigenvalue weighted by Crippen LogP contribution is 2.24. The van der Waals surface area contributed by atoms with Crippen LogP contribution in [0.4, 0.5) is 0 Å². The highest BCUT2D eigenvalue weighted by molar-refractivity contribution is 9.10. The lowest BCUT2D eigenvalue weighted by atomic mass is 10.1. The molecule has 0 aliphatic rings. The van der Waals surface area contributed by atoms with Crippen LogP contribution in [0.15, 0.2) is 53.0 Å². The Morgan fingerprint density at radius 2 is 1.86 bits per heavy atom. The van der Waals surface area contributed by atoms with E-state index in [1.54, 1.807) is 19.1 Å². The Labute approximate surface area is 174 Å². The average molecular weight is 448 g/mol. The van der Waals surface area contributed by atoms with E-state index in [4.69, 9.17) is 9.47 Å². The van der Waals surface area contributed by atoms with E-state index in [2.05, 4.69) is 28.2 Å². The van der Waals surface area contributed by atoms with Crippen molar-refractivity contribution in [3.8, 4) is 5.75 Å². The molecule has 1 unspecified atom stereocenters. The first-order valence-corrected chi connectivity index (χ1v) is 10.3. The smallest absolute Gasteiger partial charge is 0.328 e. The minimum Gasteiger partial charge on any atom is -0.493 e. The molecule has 2 aromatic rings. The van der Waals surface area contributed by atoms with Gasteiger partial charge in [-0.05, 0) is 37.1 Å². The average Bonchev–Trinajstić information content (AvgIpc) is 2.69. The van der Waals surface area contributed by atoms with E-state index < -0.39 is 12.0 Å². The van der Waals surface area contributed by atoms with Crippen LogP contribution in [0.2, 0.25) is 0 Å². The lowest BCUT2D eigenvalue weighted by Gasteiger charge is -2.19. The lowest BCUT2D eigenvalue weighted by molar-refractivity contribution is -0.145. The third-order valence-electron chi connectivity index (χ3n) is 4.10. The van der Waals surface area contributed by atoms with Crippen LogP contribution < -0.4 is 10.1 Å². The van der Waals surface area contributed by atoms with Gasteiger partial charge in [-0.2, -0.15) is 0 Å². The van der Waals surface area contributed by atoms with E-state index in [0.717, 1.165) is 22.9 Å². The number of halogens is 1. The maximum absolute atomic E-state index is 12.9. The minimum absolute atomic E-state index is 0.252. The summed E-state index contributed by atoms with van der Waals surface area (Å²) >= 11 is 3.39. The summed E-state index contributed by atoms with van der Waals surface area (Å²) < 4.78 is 11.7. The molecular weight excluding hydrogens is 422 g/mol. The van der Waals surface area contributed by atoms with Crippen LogP contribution in [0.3, 0.4) is 0 Å². The van der Waals surface area contributed by atoms with Crippen LogP contribution >= 0.6 is 15.9 Å². The molecule has 0 fully saturated rings. The molecule has 0 spiro atoms. The van der Waals surface area contributed by atoms with Crippen molar-refractivity contribution >= 4 is 27.8 Å².